The van der Waals surface area contributed by atoms with Crippen molar-refractivity contribution in [3.8, 4) is 0 Å². The predicted octanol–water partition coefficient (Wildman–Crippen LogP) is 0.760. The van der Waals surface area contributed by atoms with Gasteiger partial charge in [0.1, 0.15) is 0 Å². The van der Waals surface area contributed by atoms with Crippen molar-refractivity contribution in [2.24, 2.45) is 11.7 Å². The Balaban J connectivity index is 2.23. The molecule has 0 radical (unpaired) electrons. The zero-order valence-corrected chi connectivity index (χ0v) is 5.97. The van der Waals surface area contributed by atoms with Gasteiger partial charge in [0.05, 0.1) is 6.10 Å². The van der Waals surface area contributed by atoms with Gasteiger partial charge in [0.15, 0.2) is 0 Å². The molecule has 2 N–H and O–H groups in total. The molecular formula is C7H15NO. The summed E-state index contributed by atoms with van der Waals surface area (Å²) >= 11 is 0. The second kappa shape index (κ2) is 3.18. The average Bonchev–Trinajstić information content (AvgIpc) is 1.88. The van der Waals surface area contributed by atoms with Crippen LogP contribution in [0.15, 0.2) is 0 Å². The van der Waals surface area contributed by atoms with Crippen molar-refractivity contribution in [1.29, 1.82) is 0 Å². The van der Waals surface area contributed by atoms with E-state index in [0.29, 0.717) is 12.0 Å². The van der Waals surface area contributed by atoms with E-state index in [1.54, 1.807) is 0 Å². The number of nitrogens with two attached hydrogens (primary N) is 1. The van der Waals surface area contributed by atoms with Gasteiger partial charge < -0.3 is 10.5 Å². The molecule has 1 saturated heterocycles. The van der Waals surface area contributed by atoms with E-state index in [0.717, 1.165) is 26.0 Å². The van der Waals surface area contributed by atoms with Gasteiger partial charge in [-0.2, -0.15) is 0 Å². The molecule has 9 heavy (non-hydrogen) atoms. The fourth-order valence-electron chi connectivity index (χ4n) is 1.31. The summed E-state index contributed by atoms with van der Waals surface area (Å²) in [5.74, 6) is 0.716. The minimum absolute atomic E-state index is 0.437. The topological polar surface area (TPSA) is 35.2 Å². The number of ether oxygens (including phenoxy) is 1. The van der Waals surface area contributed by atoms with Crippen LogP contribution in [-0.2, 0) is 4.74 Å². The Kier molecular flexibility index (Phi) is 2.49. The molecule has 1 aliphatic rings. The molecule has 0 aromatic rings. The summed E-state index contributed by atoms with van der Waals surface area (Å²) in [6, 6.07) is 0. The van der Waals surface area contributed by atoms with Gasteiger partial charge in [0.2, 0.25) is 0 Å². The molecule has 0 aromatic heterocycles. The van der Waals surface area contributed by atoms with Gasteiger partial charge in [-0.05, 0) is 32.2 Å². The smallest absolute Gasteiger partial charge is 0.0550 e. The quantitative estimate of drug-likeness (QED) is 0.567. The lowest BCUT2D eigenvalue weighted by atomic mass is 9.97. The summed E-state index contributed by atoms with van der Waals surface area (Å²) < 4.78 is 5.35. The Bertz CT molecular complexity index is 85.0. The third-order valence-electron chi connectivity index (χ3n) is 1.93. The highest BCUT2D eigenvalue weighted by Gasteiger charge is 2.16. The van der Waals surface area contributed by atoms with E-state index < -0.39 is 0 Å². The fraction of sp³-hybridized carbons (Fsp3) is 1.00. The van der Waals surface area contributed by atoms with Crippen molar-refractivity contribution < 1.29 is 4.74 Å². The number of rotatable bonds is 1. The Morgan fingerprint density at radius 3 is 2.89 bits per heavy atom. The molecule has 0 amide bonds. The van der Waals surface area contributed by atoms with Crippen LogP contribution < -0.4 is 5.73 Å². The largest absolute Gasteiger partial charge is 0.378 e. The molecule has 2 heteroatoms. The van der Waals surface area contributed by atoms with Gasteiger partial charge in [-0.1, -0.05) is 0 Å². The molecule has 0 bridgehead atoms. The molecule has 0 unspecified atom stereocenters. The summed E-state index contributed by atoms with van der Waals surface area (Å²) in [5, 5.41) is 0. The molecule has 0 aromatic carbocycles. The van der Waals surface area contributed by atoms with Crippen LogP contribution in [0.2, 0.25) is 0 Å². The molecule has 0 spiro atoms. The monoisotopic (exact) mass is 129 g/mol. The fourth-order valence-corrected chi connectivity index (χ4v) is 1.31. The van der Waals surface area contributed by atoms with Crippen molar-refractivity contribution in [3.63, 3.8) is 0 Å². The molecule has 1 aliphatic heterocycles. The summed E-state index contributed by atoms with van der Waals surface area (Å²) in [6.07, 6.45) is 2.74. The predicted molar refractivity (Wildman–Crippen MR) is 37.2 cm³/mol. The third kappa shape index (κ3) is 1.95. The molecular weight excluding hydrogens is 114 g/mol. The Morgan fingerprint density at radius 2 is 2.44 bits per heavy atom. The minimum atomic E-state index is 0.437. The van der Waals surface area contributed by atoms with Crippen LogP contribution in [-0.4, -0.2) is 19.3 Å². The maximum Gasteiger partial charge on any atom is 0.0550 e. The Labute approximate surface area is 56.4 Å². The van der Waals surface area contributed by atoms with Crippen LogP contribution in [0.5, 0.6) is 0 Å². The zero-order valence-electron chi connectivity index (χ0n) is 5.97. The SMILES string of the molecule is C[C@@H]1C[C@@H](CN)CCO1. The molecule has 54 valence electrons. The molecule has 2 nitrogen and oxygen atoms in total. The first-order chi connectivity index (χ1) is 4.33. The van der Waals surface area contributed by atoms with Gasteiger partial charge in [-0.25, -0.2) is 0 Å². The van der Waals surface area contributed by atoms with Gasteiger partial charge in [0, 0.05) is 6.61 Å². The maximum atomic E-state index is 5.51. The first-order valence-electron chi connectivity index (χ1n) is 3.64. The minimum Gasteiger partial charge on any atom is -0.378 e. The van der Waals surface area contributed by atoms with Crippen LogP contribution in [0.4, 0.5) is 0 Å². The zero-order chi connectivity index (χ0) is 6.69. The number of hydrogen-bond acceptors (Lipinski definition) is 2. The third-order valence-corrected chi connectivity index (χ3v) is 1.93. The normalized spacial score (nSPS) is 36.7. The Morgan fingerprint density at radius 1 is 1.67 bits per heavy atom. The second-order valence-electron chi connectivity index (χ2n) is 2.81. The molecule has 0 aliphatic carbocycles. The molecule has 0 saturated carbocycles. The average molecular weight is 129 g/mol. The van der Waals surface area contributed by atoms with Gasteiger partial charge in [0.25, 0.3) is 0 Å². The van der Waals surface area contributed by atoms with Crippen LogP contribution in [0.3, 0.4) is 0 Å². The van der Waals surface area contributed by atoms with E-state index in [1.165, 1.54) is 0 Å². The lowest BCUT2D eigenvalue weighted by Crippen LogP contribution is -2.27. The van der Waals surface area contributed by atoms with Gasteiger partial charge >= 0.3 is 0 Å². The highest BCUT2D eigenvalue weighted by atomic mass is 16.5. The van der Waals surface area contributed by atoms with Crippen molar-refractivity contribution >= 4 is 0 Å². The van der Waals surface area contributed by atoms with Crippen LogP contribution in [0, 0.1) is 5.92 Å². The lowest BCUT2D eigenvalue weighted by molar-refractivity contribution is 0.00471. The van der Waals surface area contributed by atoms with Crippen LogP contribution in [0.25, 0.3) is 0 Å². The Hall–Kier alpha value is -0.0800. The van der Waals surface area contributed by atoms with Crippen LogP contribution in [0.1, 0.15) is 19.8 Å². The lowest BCUT2D eigenvalue weighted by Gasteiger charge is -2.25. The molecule has 1 fully saturated rings. The van der Waals surface area contributed by atoms with Crippen LogP contribution >= 0.6 is 0 Å². The summed E-state index contributed by atoms with van der Waals surface area (Å²) in [4.78, 5) is 0. The van der Waals surface area contributed by atoms with E-state index >= 15 is 0 Å². The highest BCUT2D eigenvalue weighted by molar-refractivity contribution is 4.68. The second-order valence-corrected chi connectivity index (χ2v) is 2.81. The van der Waals surface area contributed by atoms with E-state index in [-0.39, 0.29) is 0 Å². The van der Waals surface area contributed by atoms with Gasteiger partial charge in [-0.3, -0.25) is 0 Å². The molecule has 1 rings (SSSR count). The van der Waals surface area contributed by atoms with Crippen molar-refractivity contribution in [2.45, 2.75) is 25.9 Å². The van der Waals surface area contributed by atoms with Crippen molar-refractivity contribution in [3.05, 3.63) is 0 Å². The highest BCUT2D eigenvalue weighted by Crippen LogP contribution is 2.17. The van der Waals surface area contributed by atoms with Crippen molar-refractivity contribution in [1.82, 2.24) is 0 Å². The summed E-state index contributed by atoms with van der Waals surface area (Å²) in [7, 11) is 0. The number of hydrogen-bond donors (Lipinski definition) is 1. The maximum absolute atomic E-state index is 5.51. The van der Waals surface area contributed by atoms with E-state index in [9.17, 15) is 0 Å². The molecule has 1 heterocycles. The summed E-state index contributed by atoms with van der Waals surface area (Å²) in [6.45, 7) is 3.85. The van der Waals surface area contributed by atoms with Crippen molar-refractivity contribution in [2.75, 3.05) is 13.2 Å². The van der Waals surface area contributed by atoms with Gasteiger partial charge in [-0.15, -0.1) is 0 Å². The first kappa shape index (κ1) is 7.03. The van der Waals surface area contributed by atoms with E-state index in [4.69, 9.17) is 10.5 Å². The van der Waals surface area contributed by atoms with E-state index in [2.05, 4.69) is 6.92 Å². The standard InChI is InChI=1S/C7H15NO/c1-6-4-7(5-8)2-3-9-6/h6-7H,2-5,8H2,1H3/t6-,7+/m1/s1. The summed E-state index contributed by atoms with van der Waals surface area (Å²) in [5.41, 5.74) is 5.51. The van der Waals surface area contributed by atoms with E-state index in [1.807, 2.05) is 0 Å². The molecule has 2 atom stereocenters. The first-order valence-corrected chi connectivity index (χ1v) is 3.64.